The number of anilines is 2. The fourth-order valence-electron chi connectivity index (χ4n) is 5.71. The molecule has 5 aromatic carbocycles. The van der Waals surface area contributed by atoms with Crippen LogP contribution in [0.3, 0.4) is 0 Å². The summed E-state index contributed by atoms with van der Waals surface area (Å²) in [5, 5.41) is 29.4. The van der Waals surface area contributed by atoms with E-state index < -0.39 is 139 Å². The highest BCUT2D eigenvalue weighted by Gasteiger charge is 2.28. The Morgan fingerprint density at radius 1 is 0.545 bits per heavy atom. The first kappa shape index (κ1) is 51.2. The highest BCUT2D eigenvalue weighted by atomic mass is 32.3. The maximum Gasteiger partial charge on any atom is 0.397 e. The second-order valence-corrected chi connectivity index (χ2v) is 22.1. The molecule has 66 heavy (non-hydrogen) atoms. The number of benzene rings is 5. The van der Waals surface area contributed by atoms with E-state index in [2.05, 4.69) is 34.1 Å². The van der Waals surface area contributed by atoms with E-state index >= 15 is 0 Å². The zero-order valence-electron chi connectivity index (χ0n) is 33.3. The molecule has 0 atom stereocenters. The van der Waals surface area contributed by atoms with Gasteiger partial charge in [-0.15, -0.1) is 20.5 Å². The van der Waals surface area contributed by atoms with Gasteiger partial charge in [-0.25, -0.2) is 25.2 Å². The van der Waals surface area contributed by atoms with Gasteiger partial charge in [-0.1, -0.05) is 18.2 Å². The van der Waals surface area contributed by atoms with Gasteiger partial charge >= 0.3 is 20.8 Å². The van der Waals surface area contributed by atoms with Gasteiger partial charge in [-0.05, 0) is 48.5 Å². The van der Waals surface area contributed by atoms with Crippen molar-refractivity contribution in [2.45, 2.75) is 19.6 Å². The molecule has 0 heterocycles. The summed E-state index contributed by atoms with van der Waals surface area (Å²) in [5.41, 5.74) is -1.76. The van der Waals surface area contributed by atoms with Crippen molar-refractivity contribution in [2.75, 3.05) is 44.3 Å². The molecule has 0 saturated carbocycles. The van der Waals surface area contributed by atoms with Crippen molar-refractivity contribution in [1.82, 2.24) is 0 Å². The number of phenols is 1. The zero-order valence-corrected chi connectivity index (χ0v) is 38.2. The molecule has 356 valence electrons. The first-order valence-corrected chi connectivity index (χ1v) is 26.5. The lowest BCUT2D eigenvalue weighted by Gasteiger charge is -2.16. The zero-order chi connectivity index (χ0) is 49.0. The lowest BCUT2D eigenvalue weighted by molar-refractivity contribution is 0.282. The highest BCUT2D eigenvalue weighted by molar-refractivity contribution is 7.92. The molecule has 0 aliphatic carbocycles. The molecule has 5 rings (SSSR count). The standard InChI is InChI=1S/C34H33N5O21S6/c1-57-28-18-26(27(40)19-30(28)62(43,44)15-13-60-66(54,55)56)37-39-33-31(64(48,49)50)17-23-22(34(33)58-2)9-11-25(35-20-6-4-3-5-7-20)32(23)38-36-24-10-8-21(16-29(24)63(45,46)47)61(41,42)14-12-59-65(51,52)53/h3-11,16-19,35,40H,12-15H2,1-2H3,(H,45,46,47)(H,48,49,50)(H,51,52,53)(H,54,55,56). The van der Waals surface area contributed by atoms with Crippen LogP contribution in [0.25, 0.3) is 10.8 Å². The number of methoxy groups -OCH3 is 2. The number of nitrogens with zero attached hydrogens (tertiary/aromatic N) is 4. The van der Waals surface area contributed by atoms with Crippen molar-refractivity contribution in [3.63, 3.8) is 0 Å². The third-order valence-electron chi connectivity index (χ3n) is 8.57. The lowest BCUT2D eigenvalue weighted by Crippen LogP contribution is -2.16. The molecule has 0 aliphatic rings. The Hall–Kier alpha value is -5.78. The minimum Gasteiger partial charge on any atom is -0.506 e. The van der Waals surface area contributed by atoms with E-state index in [0.29, 0.717) is 17.8 Å². The second-order valence-electron chi connectivity index (χ2n) is 12.9. The summed E-state index contributed by atoms with van der Waals surface area (Å²) in [6.07, 6.45) is 0. The van der Waals surface area contributed by atoms with Crippen molar-refractivity contribution in [2.24, 2.45) is 20.5 Å². The van der Waals surface area contributed by atoms with Gasteiger partial charge in [0, 0.05) is 28.6 Å². The van der Waals surface area contributed by atoms with Crippen LogP contribution in [0.15, 0.2) is 119 Å². The number of aromatic hydroxyl groups is 1. The minimum atomic E-state index is -5.34. The Bertz CT molecular complexity index is 3460. The lowest BCUT2D eigenvalue weighted by atomic mass is 10.0. The molecule has 0 aliphatic heterocycles. The summed E-state index contributed by atoms with van der Waals surface area (Å²) in [6.45, 7) is -2.09. The number of fused-ring (bicyclic) bond motifs is 1. The first-order valence-electron chi connectivity index (χ1n) is 17.6. The number of hydrogen-bond donors (Lipinski definition) is 6. The van der Waals surface area contributed by atoms with E-state index in [1.807, 2.05) is 0 Å². The summed E-state index contributed by atoms with van der Waals surface area (Å²) < 4.78 is 203. The molecule has 0 fully saturated rings. The van der Waals surface area contributed by atoms with Crippen molar-refractivity contribution in [3.8, 4) is 17.2 Å². The van der Waals surface area contributed by atoms with E-state index in [0.717, 1.165) is 38.5 Å². The Morgan fingerprint density at radius 2 is 1.12 bits per heavy atom. The maximum atomic E-state index is 13.0. The molecule has 0 radical (unpaired) electrons. The Balaban J connectivity index is 1.70. The second kappa shape index (κ2) is 19.6. The Labute approximate surface area is 375 Å². The normalized spacial score (nSPS) is 13.1. The van der Waals surface area contributed by atoms with E-state index in [4.69, 9.17) is 18.6 Å². The van der Waals surface area contributed by atoms with E-state index in [1.54, 1.807) is 30.3 Å². The summed E-state index contributed by atoms with van der Waals surface area (Å²) in [4.78, 5) is -3.57. The van der Waals surface area contributed by atoms with E-state index in [1.165, 1.54) is 12.1 Å². The first-order chi connectivity index (χ1) is 30.5. The molecule has 26 nitrogen and oxygen atoms in total. The van der Waals surface area contributed by atoms with Crippen molar-refractivity contribution in [1.29, 1.82) is 0 Å². The molecule has 0 bridgehead atoms. The van der Waals surface area contributed by atoms with Crippen LogP contribution in [0.2, 0.25) is 0 Å². The molecule has 32 heteroatoms. The van der Waals surface area contributed by atoms with Crippen molar-refractivity contribution in [3.05, 3.63) is 78.9 Å². The van der Waals surface area contributed by atoms with Crippen molar-refractivity contribution >= 4 is 106 Å². The SMILES string of the molecule is COc1cc(N=Nc2c(S(=O)(=O)O)cc3c(N=Nc4ccc(S(=O)(=O)CCOS(=O)(=O)O)cc4S(=O)(=O)O)c(Nc4ccccc4)ccc3c2OC)c(O)cc1S(=O)(=O)CCOS(=O)(=O)O. The molecular weight excluding hydrogens is 1010 g/mol. The van der Waals surface area contributed by atoms with E-state index in [-0.39, 0.29) is 22.1 Å². The van der Waals surface area contributed by atoms with Crippen LogP contribution >= 0.6 is 0 Å². The largest absolute Gasteiger partial charge is 0.506 e. The summed E-state index contributed by atoms with van der Waals surface area (Å²) in [6, 6.07) is 15.4. The topological polar surface area (TPSA) is 404 Å². The summed E-state index contributed by atoms with van der Waals surface area (Å²) in [7, 11) is -27.6. The van der Waals surface area contributed by atoms with Crippen LogP contribution in [0.5, 0.6) is 17.2 Å². The van der Waals surface area contributed by atoms with Gasteiger partial charge in [0.1, 0.15) is 48.9 Å². The maximum absolute atomic E-state index is 13.0. The van der Waals surface area contributed by atoms with Gasteiger partial charge in [-0.2, -0.15) is 33.7 Å². The van der Waals surface area contributed by atoms with Gasteiger partial charge < -0.3 is 19.9 Å². The predicted molar refractivity (Wildman–Crippen MR) is 228 cm³/mol. The summed E-state index contributed by atoms with van der Waals surface area (Å²) in [5.74, 6) is -3.88. The molecule has 0 saturated heterocycles. The van der Waals surface area contributed by atoms with Crippen LogP contribution in [0.4, 0.5) is 34.1 Å². The average molecular weight is 1040 g/mol. The average Bonchev–Trinajstić information content (AvgIpc) is 3.20. The number of phenolic OH excluding ortho intramolecular Hbond substituents is 1. The van der Waals surface area contributed by atoms with Crippen LogP contribution in [0, 0.1) is 0 Å². The van der Waals surface area contributed by atoms with Crippen LogP contribution in [0.1, 0.15) is 0 Å². The minimum absolute atomic E-state index is 0.0367. The smallest absolute Gasteiger partial charge is 0.397 e. The van der Waals surface area contributed by atoms with Crippen LogP contribution in [-0.4, -0.2) is 113 Å². The third-order valence-corrected chi connectivity index (χ3v) is 14.6. The number of hydrogen-bond acceptors (Lipinski definition) is 22. The van der Waals surface area contributed by atoms with Gasteiger partial charge in [0.05, 0.1) is 49.5 Å². The Morgan fingerprint density at radius 3 is 1.68 bits per heavy atom. The molecule has 0 spiro atoms. The van der Waals surface area contributed by atoms with Gasteiger partial charge in [0.15, 0.2) is 25.4 Å². The predicted octanol–water partition coefficient (Wildman–Crippen LogP) is 4.82. The summed E-state index contributed by atoms with van der Waals surface area (Å²) >= 11 is 0. The van der Waals surface area contributed by atoms with Gasteiger partial charge in [0.2, 0.25) is 0 Å². The molecule has 6 N–H and O–H groups in total. The molecule has 5 aromatic rings. The number of ether oxygens (including phenoxy) is 2. The van der Waals surface area contributed by atoms with E-state index in [9.17, 15) is 64.7 Å². The van der Waals surface area contributed by atoms with Gasteiger partial charge in [-0.3, -0.25) is 18.2 Å². The number of azo groups is 2. The van der Waals surface area contributed by atoms with Crippen LogP contribution in [-0.2, 0) is 69.1 Å². The molecule has 0 amide bonds. The highest BCUT2D eigenvalue weighted by Crippen LogP contribution is 2.48. The third kappa shape index (κ3) is 12.8. The number of sulfone groups is 2. The molecule has 0 aromatic heterocycles. The number of para-hydroxylation sites is 1. The fourth-order valence-corrected chi connectivity index (χ4v) is 10.2. The number of nitrogens with one attached hydrogen (secondary N) is 1. The molecule has 0 unspecified atom stereocenters. The number of rotatable bonds is 20. The quantitative estimate of drug-likeness (QED) is 0.0449. The van der Waals surface area contributed by atoms with Gasteiger partial charge in [0.25, 0.3) is 20.2 Å². The van der Waals surface area contributed by atoms with Crippen LogP contribution < -0.4 is 14.8 Å². The molecular formula is C34H33N5O21S6. The fraction of sp³-hybridized carbons (Fsp3) is 0.176. The van der Waals surface area contributed by atoms with Crippen molar-refractivity contribution < 1.29 is 91.7 Å². The Kier molecular flexibility index (Phi) is 15.2. The monoisotopic (exact) mass is 1040 g/mol.